The summed E-state index contributed by atoms with van der Waals surface area (Å²) in [5.74, 6) is 3.74. The second-order valence-electron chi connectivity index (χ2n) is 7.22. The molecule has 29 heavy (non-hydrogen) atoms. The molecule has 0 spiro atoms. The first-order chi connectivity index (χ1) is 14.2. The summed E-state index contributed by atoms with van der Waals surface area (Å²) in [6, 6.07) is 11.3. The fourth-order valence-corrected chi connectivity index (χ4v) is 4.59. The third kappa shape index (κ3) is 8.36. The van der Waals surface area contributed by atoms with Crippen LogP contribution in [0.2, 0.25) is 0 Å². The van der Waals surface area contributed by atoms with Crippen molar-refractivity contribution in [2.45, 2.75) is 49.3 Å². The number of carbonyl (C=O) groups excluding carboxylic acids is 1. The number of aliphatic hydroxyl groups is 1. The highest BCUT2D eigenvalue weighted by Crippen LogP contribution is 2.35. The zero-order valence-electron chi connectivity index (χ0n) is 16.8. The minimum absolute atomic E-state index is 0.0395. The summed E-state index contributed by atoms with van der Waals surface area (Å²) in [5.41, 5.74) is 1.17. The lowest BCUT2D eigenvalue weighted by atomic mass is 10.3. The number of ether oxygens (including phenoxy) is 1. The van der Waals surface area contributed by atoms with Crippen LogP contribution < -0.4 is 0 Å². The molecular weight excluding hydrogens is 404 g/mol. The van der Waals surface area contributed by atoms with E-state index >= 15 is 0 Å². The number of hydrogen-bond acceptors (Lipinski definition) is 7. The standard InChI is InChI=1S/C12H15NO2S.C10H13NOS/c1-2-15-12(14)10-4-3-5-11(13-10)16-8-9-6-7-9;12-6-9-2-1-3-10(11-9)13-7-8-4-5-8/h3-5,9H,2,6-8H2,1H3;1-3,8,12H,4-7H2. The second kappa shape index (κ2) is 11.6. The van der Waals surface area contributed by atoms with Gasteiger partial charge in [0.2, 0.25) is 0 Å². The number of hydrogen-bond donors (Lipinski definition) is 1. The lowest BCUT2D eigenvalue weighted by Crippen LogP contribution is -2.07. The molecule has 4 rings (SSSR count). The van der Waals surface area contributed by atoms with Crippen LogP contribution in [0.5, 0.6) is 0 Å². The number of nitrogens with zero attached hydrogens (tertiary/aromatic N) is 2. The first kappa shape index (κ1) is 22.1. The van der Waals surface area contributed by atoms with Gasteiger partial charge in [-0.25, -0.2) is 14.8 Å². The molecule has 0 aliphatic heterocycles. The molecule has 2 heterocycles. The van der Waals surface area contributed by atoms with Crippen LogP contribution in [-0.4, -0.2) is 39.2 Å². The van der Waals surface area contributed by atoms with Crippen molar-refractivity contribution in [3.05, 3.63) is 47.8 Å². The molecule has 2 aromatic rings. The van der Waals surface area contributed by atoms with E-state index in [-0.39, 0.29) is 12.6 Å². The summed E-state index contributed by atoms with van der Waals surface area (Å²) >= 11 is 3.52. The highest BCUT2D eigenvalue weighted by Gasteiger charge is 2.22. The summed E-state index contributed by atoms with van der Waals surface area (Å²) < 4.78 is 4.91. The number of thioether (sulfide) groups is 2. The van der Waals surface area contributed by atoms with Crippen LogP contribution in [0.1, 0.15) is 48.8 Å². The normalized spacial score (nSPS) is 15.4. The molecule has 156 valence electrons. The summed E-state index contributed by atoms with van der Waals surface area (Å²) in [5, 5.41) is 10.8. The molecule has 2 aromatic heterocycles. The molecule has 0 aromatic carbocycles. The number of aliphatic hydroxyl groups excluding tert-OH is 1. The molecule has 2 fully saturated rings. The molecule has 0 amide bonds. The molecule has 1 N–H and O–H groups in total. The van der Waals surface area contributed by atoms with E-state index in [1.54, 1.807) is 36.5 Å². The van der Waals surface area contributed by atoms with Crippen LogP contribution in [0, 0.1) is 11.8 Å². The van der Waals surface area contributed by atoms with Gasteiger partial charge in [0, 0.05) is 11.5 Å². The molecule has 0 saturated heterocycles. The smallest absolute Gasteiger partial charge is 0.356 e. The quantitative estimate of drug-likeness (QED) is 0.449. The van der Waals surface area contributed by atoms with Gasteiger partial charge < -0.3 is 9.84 Å². The van der Waals surface area contributed by atoms with Crippen LogP contribution in [-0.2, 0) is 11.3 Å². The third-order valence-electron chi connectivity index (χ3n) is 4.48. The Hall–Kier alpha value is -1.57. The number of rotatable bonds is 9. The SMILES string of the molecule is CCOC(=O)c1cccc(SCC2CC2)n1.OCc1cccc(SCC2CC2)n1. The van der Waals surface area contributed by atoms with Crippen molar-refractivity contribution in [3.63, 3.8) is 0 Å². The Balaban J connectivity index is 0.000000169. The fraction of sp³-hybridized carbons (Fsp3) is 0.500. The lowest BCUT2D eigenvalue weighted by molar-refractivity contribution is 0.0518. The first-order valence-corrected chi connectivity index (χ1v) is 12.1. The van der Waals surface area contributed by atoms with Crippen LogP contribution >= 0.6 is 23.5 Å². The van der Waals surface area contributed by atoms with Gasteiger partial charge in [0.25, 0.3) is 0 Å². The van der Waals surface area contributed by atoms with E-state index in [4.69, 9.17) is 9.84 Å². The predicted octanol–water partition coefficient (Wildman–Crippen LogP) is 4.84. The largest absolute Gasteiger partial charge is 0.461 e. The Morgan fingerprint density at radius 3 is 2.14 bits per heavy atom. The van der Waals surface area contributed by atoms with Crippen molar-refractivity contribution >= 4 is 29.5 Å². The van der Waals surface area contributed by atoms with Gasteiger partial charge in [-0.05, 0) is 68.7 Å². The van der Waals surface area contributed by atoms with Gasteiger partial charge in [-0.1, -0.05) is 12.1 Å². The van der Waals surface area contributed by atoms with Crippen LogP contribution in [0.4, 0.5) is 0 Å². The molecule has 0 atom stereocenters. The molecule has 2 aliphatic carbocycles. The number of esters is 1. The van der Waals surface area contributed by atoms with E-state index < -0.39 is 0 Å². The van der Waals surface area contributed by atoms with Crippen LogP contribution in [0.3, 0.4) is 0 Å². The first-order valence-electron chi connectivity index (χ1n) is 10.1. The molecule has 2 aliphatic rings. The average molecular weight is 433 g/mol. The lowest BCUT2D eigenvalue weighted by Gasteiger charge is -2.03. The summed E-state index contributed by atoms with van der Waals surface area (Å²) in [6.45, 7) is 2.22. The predicted molar refractivity (Wildman–Crippen MR) is 117 cm³/mol. The number of aromatic nitrogens is 2. The molecule has 2 saturated carbocycles. The number of carbonyl (C=O) groups is 1. The van der Waals surface area contributed by atoms with Gasteiger partial charge in [-0.3, -0.25) is 0 Å². The topological polar surface area (TPSA) is 72.3 Å². The molecule has 5 nitrogen and oxygen atoms in total. The Bertz CT molecular complexity index is 795. The zero-order valence-corrected chi connectivity index (χ0v) is 18.4. The van der Waals surface area contributed by atoms with E-state index in [9.17, 15) is 4.79 Å². The van der Waals surface area contributed by atoms with E-state index in [1.165, 1.54) is 31.4 Å². The maximum absolute atomic E-state index is 11.5. The Kier molecular flexibility index (Phi) is 8.83. The zero-order chi connectivity index (χ0) is 20.5. The van der Waals surface area contributed by atoms with Gasteiger partial charge >= 0.3 is 5.97 Å². The van der Waals surface area contributed by atoms with Crippen molar-refractivity contribution in [2.75, 3.05) is 18.1 Å². The van der Waals surface area contributed by atoms with E-state index in [1.807, 2.05) is 30.3 Å². The van der Waals surface area contributed by atoms with Gasteiger partial charge in [0.15, 0.2) is 0 Å². The van der Waals surface area contributed by atoms with E-state index in [0.29, 0.717) is 12.3 Å². The molecule has 7 heteroatoms. The third-order valence-corrected chi connectivity index (χ3v) is 6.80. The second-order valence-corrected chi connectivity index (χ2v) is 9.30. The minimum atomic E-state index is -0.337. The molecule has 0 radical (unpaired) electrons. The number of pyridine rings is 2. The summed E-state index contributed by atoms with van der Waals surface area (Å²) in [4.78, 5) is 20.0. The van der Waals surface area contributed by atoms with Crippen molar-refractivity contribution in [1.29, 1.82) is 0 Å². The fourth-order valence-electron chi connectivity index (χ4n) is 2.42. The minimum Gasteiger partial charge on any atom is -0.461 e. The van der Waals surface area contributed by atoms with Gasteiger partial charge in [0.1, 0.15) is 5.69 Å². The Labute approximate surface area is 181 Å². The van der Waals surface area contributed by atoms with Crippen molar-refractivity contribution in [2.24, 2.45) is 11.8 Å². The van der Waals surface area contributed by atoms with Crippen molar-refractivity contribution in [1.82, 2.24) is 9.97 Å². The molecule has 0 unspecified atom stereocenters. The summed E-state index contributed by atoms with van der Waals surface area (Å²) in [7, 11) is 0. The summed E-state index contributed by atoms with van der Waals surface area (Å²) in [6.07, 6.45) is 5.44. The van der Waals surface area contributed by atoms with Gasteiger partial charge in [-0.2, -0.15) is 0 Å². The maximum atomic E-state index is 11.5. The highest BCUT2D eigenvalue weighted by molar-refractivity contribution is 7.99. The van der Waals surface area contributed by atoms with E-state index in [0.717, 1.165) is 33.3 Å². The Morgan fingerprint density at radius 2 is 1.59 bits per heavy atom. The van der Waals surface area contributed by atoms with Gasteiger partial charge in [0.05, 0.1) is 29.0 Å². The van der Waals surface area contributed by atoms with Crippen molar-refractivity contribution in [3.8, 4) is 0 Å². The molecule has 0 bridgehead atoms. The maximum Gasteiger partial charge on any atom is 0.356 e. The van der Waals surface area contributed by atoms with Gasteiger partial charge in [-0.15, -0.1) is 23.5 Å². The Morgan fingerprint density at radius 1 is 1.00 bits per heavy atom. The average Bonchev–Trinajstić information content (AvgIpc) is 3.67. The molecular formula is C22H28N2O3S2. The van der Waals surface area contributed by atoms with Crippen LogP contribution in [0.15, 0.2) is 46.5 Å². The van der Waals surface area contributed by atoms with Crippen molar-refractivity contribution < 1.29 is 14.6 Å². The van der Waals surface area contributed by atoms with E-state index in [2.05, 4.69) is 9.97 Å². The highest BCUT2D eigenvalue weighted by atomic mass is 32.2. The van der Waals surface area contributed by atoms with Crippen LogP contribution in [0.25, 0.3) is 0 Å². The monoisotopic (exact) mass is 432 g/mol.